The fraction of sp³-hybridized carbons (Fsp3) is 0.364. The summed E-state index contributed by atoms with van der Waals surface area (Å²) >= 11 is 0. The predicted octanol–water partition coefficient (Wildman–Crippen LogP) is 1.84. The Labute approximate surface area is 168 Å². The lowest BCUT2D eigenvalue weighted by Gasteiger charge is -2.07. The Balaban J connectivity index is 1.43. The van der Waals surface area contributed by atoms with Crippen molar-refractivity contribution in [3.8, 4) is 23.2 Å². The van der Waals surface area contributed by atoms with E-state index in [2.05, 4.69) is 22.0 Å². The minimum absolute atomic E-state index is 0.0646. The lowest BCUT2D eigenvalue weighted by Crippen LogP contribution is -2.07. The van der Waals surface area contributed by atoms with Crippen LogP contribution in [0, 0.1) is 29.6 Å². The van der Waals surface area contributed by atoms with Gasteiger partial charge < -0.3 is 24.4 Å². The molecule has 7 heteroatoms. The van der Waals surface area contributed by atoms with Crippen molar-refractivity contribution < 1.29 is 19.8 Å². The van der Waals surface area contributed by atoms with E-state index in [0.717, 1.165) is 16.8 Å². The third-order valence-electron chi connectivity index (χ3n) is 5.32. The highest BCUT2D eigenvalue weighted by molar-refractivity contribution is 5.59. The number of hydrogen-bond donors (Lipinski definition) is 3. The lowest BCUT2D eigenvalue weighted by molar-refractivity contribution is 0.184. The molecule has 1 saturated carbocycles. The van der Waals surface area contributed by atoms with E-state index in [4.69, 9.17) is 4.52 Å². The molecule has 1 aromatic carbocycles. The van der Waals surface area contributed by atoms with Gasteiger partial charge in [-0.05, 0) is 31.2 Å². The first-order chi connectivity index (χ1) is 14.1. The molecule has 29 heavy (non-hydrogen) atoms. The number of aliphatic hydroxyl groups excluding tert-OH is 3. The van der Waals surface area contributed by atoms with E-state index in [-0.39, 0.29) is 31.0 Å². The van der Waals surface area contributed by atoms with E-state index in [0.29, 0.717) is 18.1 Å². The van der Waals surface area contributed by atoms with Crippen molar-refractivity contribution in [3.63, 3.8) is 0 Å². The fourth-order valence-corrected chi connectivity index (χ4v) is 3.56. The third kappa shape index (κ3) is 4.10. The minimum Gasteiger partial charge on any atom is -0.396 e. The third-order valence-corrected chi connectivity index (χ3v) is 5.32. The molecule has 1 aliphatic rings. The van der Waals surface area contributed by atoms with Crippen molar-refractivity contribution >= 4 is 0 Å². The van der Waals surface area contributed by atoms with Crippen molar-refractivity contribution in [1.29, 1.82) is 0 Å². The summed E-state index contributed by atoms with van der Waals surface area (Å²) in [6.07, 6.45) is 2.79. The summed E-state index contributed by atoms with van der Waals surface area (Å²) in [5.74, 6) is 7.73. The zero-order chi connectivity index (χ0) is 20.4. The van der Waals surface area contributed by atoms with E-state index >= 15 is 0 Å². The van der Waals surface area contributed by atoms with Crippen LogP contribution in [0.3, 0.4) is 0 Å². The van der Waals surface area contributed by atoms with E-state index < -0.39 is 6.10 Å². The van der Waals surface area contributed by atoms with Gasteiger partial charge in [0.05, 0.1) is 6.54 Å². The molecule has 0 amide bonds. The molecule has 3 N–H and O–H groups in total. The van der Waals surface area contributed by atoms with E-state index in [1.54, 1.807) is 19.3 Å². The number of benzene rings is 1. The second-order valence-corrected chi connectivity index (χ2v) is 7.34. The minimum atomic E-state index is -0.652. The number of nitrogens with zero attached hydrogens (tertiary/aromatic N) is 3. The highest BCUT2D eigenvalue weighted by atomic mass is 16.5. The maximum atomic E-state index is 9.76. The van der Waals surface area contributed by atoms with Crippen molar-refractivity contribution in [2.75, 3.05) is 13.2 Å². The van der Waals surface area contributed by atoms with Gasteiger partial charge in [0, 0.05) is 60.6 Å². The van der Waals surface area contributed by atoms with Gasteiger partial charge in [0.1, 0.15) is 17.6 Å². The Morgan fingerprint density at radius 2 is 1.90 bits per heavy atom. The number of hydrogen-bond acceptors (Lipinski definition) is 6. The van der Waals surface area contributed by atoms with Crippen LogP contribution >= 0.6 is 0 Å². The standard InChI is InChI=1S/C22H23N3O4/c1-14(28)22-23-8-9-25(22)11-17-10-21(29-24-17)16-5-2-15(3-6-16)4-7-18-19(12-26)20(18)13-27/h2-3,5-6,8-10,14,18-20,26-28H,11-13H2,1H3. The van der Waals surface area contributed by atoms with Gasteiger partial charge in [-0.3, -0.25) is 0 Å². The summed E-state index contributed by atoms with van der Waals surface area (Å²) in [5, 5.41) is 32.4. The Morgan fingerprint density at radius 3 is 2.55 bits per heavy atom. The highest BCUT2D eigenvalue weighted by Gasteiger charge is 2.48. The molecule has 0 spiro atoms. The smallest absolute Gasteiger partial charge is 0.167 e. The summed E-state index contributed by atoms with van der Waals surface area (Å²) in [4.78, 5) is 4.15. The predicted molar refractivity (Wildman–Crippen MR) is 105 cm³/mol. The molecule has 150 valence electrons. The summed E-state index contributed by atoms with van der Waals surface area (Å²) < 4.78 is 7.30. The second-order valence-electron chi connectivity index (χ2n) is 7.34. The maximum Gasteiger partial charge on any atom is 0.167 e. The van der Waals surface area contributed by atoms with Crippen molar-refractivity contribution in [2.45, 2.75) is 19.6 Å². The quantitative estimate of drug-likeness (QED) is 0.552. The molecule has 3 atom stereocenters. The van der Waals surface area contributed by atoms with Crippen LogP contribution in [0.1, 0.15) is 30.1 Å². The maximum absolute atomic E-state index is 9.76. The topological polar surface area (TPSA) is 105 Å². The SMILES string of the molecule is CC(O)c1nccn1Cc1cc(-c2ccc(C#CC3C(CO)C3CO)cc2)on1. The summed E-state index contributed by atoms with van der Waals surface area (Å²) in [6.45, 7) is 2.27. The van der Waals surface area contributed by atoms with Gasteiger partial charge in [-0.1, -0.05) is 17.0 Å². The molecule has 3 unspecified atom stereocenters. The fourth-order valence-electron chi connectivity index (χ4n) is 3.56. The molecule has 1 aliphatic carbocycles. The molecular formula is C22H23N3O4. The molecule has 0 saturated heterocycles. The van der Waals surface area contributed by atoms with E-state index in [1.165, 1.54) is 0 Å². The Morgan fingerprint density at radius 1 is 1.17 bits per heavy atom. The van der Waals surface area contributed by atoms with Crippen molar-refractivity contribution in [1.82, 2.24) is 14.7 Å². The molecule has 0 bridgehead atoms. The summed E-state index contributed by atoms with van der Waals surface area (Å²) in [5.41, 5.74) is 2.50. The number of aromatic nitrogens is 3. The zero-order valence-corrected chi connectivity index (χ0v) is 16.1. The van der Waals surface area contributed by atoms with E-state index in [1.807, 2.05) is 34.9 Å². The summed E-state index contributed by atoms with van der Waals surface area (Å²) in [7, 11) is 0. The van der Waals surface area contributed by atoms with Gasteiger partial charge in [0.2, 0.25) is 0 Å². The van der Waals surface area contributed by atoms with Crippen LogP contribution in [0.4, 0.5) is 0 Å². The van der Waals surface area contributed by atoms with Crippen LogP contribution in [0.15, 0.2) is 47.2 Å². The molecule has 2 aromatic heterocycles. The first kappa shape index (κ1) is 19.4. The zero-order valence-electron chi connectivity index (χ0n) is 16.1. The van der Waals surface area contributed by atoms with Gasteiger partial charge in [-0.25, -0.2) is 4.98 Å². The normalized spacial score (nSPS) is 21.4. The molecule has 0 radical (unpaired) electrons. The number of imidazole rings is 1. The first-order valence-corrected chi connectivity index (χ1v) is 9.59. The van der Waals surface area contributed by atoms with Gasteiger partial charge in [-0.2, -0.15) is 0 Å². The van der Waals surface area contributed by atoms with Crippen LogP contribution in [0.2, 0.25) is 0 Å². The molecule has 4 rings (SSSR count). The monoisotopic (exact) mass is 393 g/mol. The Kier molecular flexibility index (Phi) is 5.49. The van der Waals surface area contributed by atoms with Crippen molar-refractivity contribution in [2.24, 2.45) is 17.8 Å². The van der Waals surface area contributed by atoms with Crippen LogP contribution < -0.4 is 0 Å². The molecule has 3 aromatic rings. The lowest BCUT2D eigenvalue weighted by atomic mass is 10.1. The van der Waals surface area contributed by atoms with Crippen LogP contribution in [-0.2, 0) is 6.54 Å². The van der Waals surface area contributed by atoms with Crippen LogP contribution in [0.25, 0.3) is 11.3 Å². The van der Waals surface area contributed by atoms with Gasteiger partial charge in [-0.15, -0.1) is 0 Å². The van der Waals surface area contributed by atoms with Gasteiger partial charge in [0.15, 0.2) is 5.76 Å². The van der Waals surface area contributed by atoms with Gasteiger partial charge >= 0.3 is 0 Å². The summed E-state index contributed by atoms with van der Waals surface area (Å²) in [6, 6.07) is 9.54. The van der Waals surface area contributed by atoms with Crippen molar-refractivity contribution in [3.05, 3.63) is 59.8 Å². The number of aliphatic hydroxyl groups is 3. The first-order valence-electron chi connectivity index (χ1n) is 9.59. The average Bonchev–Trinajstić information content (AvgIpc) is 3.03. The molecule has 1 fully saturated rings. The molecular weight excluding hydrogens is 370 g/mol. The van der Waals surface area contributed by atoms with Gasteiger partial charge in [0.25, 0.3) is 0 Å². The Hall–Kier alpha value is -2.92. The Bertz CT molecular complexity index is 1020. The van der Waals surface area contributed by atoms with Crippen LogP contribution in [0.5, 0.6) is 0 Å². The largest absolute Gasteiger partial charge is 0.396 e. The molecule has 7 nitrogen and oxygen atoms in total. The molecule has 0 aliphatic heterocycles. The average molecular weight is 393 g/mol. The molecule has 2 heterocycles. The highest BCUT2D eigenvalue weighted by Crippen LogP contribution is 2.44. The van der Waals surface area contributed by atoms with E-state index in [9.17, 15) is 15.3 Å². The second kappa shape index (κ2) is 8.21. The number of rotatable bonds is 6. The van der Waals surface area contributed by atoms with Crippen LogP contribution in [-0.4, -0.2) is 43.2 Å².